The number of aryl methyl sites for hydroxylation is 2. The van der Waals surface area contributed by atoms with E-state index >= 15 is 0 Å². The molecular formula is C18H32IN. The first-order valence-electron chi connectivity index (χ1n) is 8.28. The minimum Gasteiger partial charge on any atom is -1.00 e. The van der Waals surface area contributed by atoms with E-state index in [9.17, 15) is 0 Å². The van der Waals surface area contributed by atoms with Gasteiger partial charge >= 0.3 is 0 Å². The molecule has 0 atom stereocenters. The summed E-state index contributed by atoms with van der Waals surface area (Å²) in [6.45, 7) is 5.62. The Labute approximate surface area is 143 Å². The minimum absolute atomic E-state index is 0. The zero-order chi connectivity index (χ0) is 13.8. The number of hydrogen-bond donors (Lipinski definition) is 0. The van der Waals surface area contributed by atoms with E-state index in [-0.39, 0.29) is 24.0 Å². The molecule has 0 N–H and O–H groups in total. The van der Waals surface area contributed by atoms with Crippen LogP contribution in [-0.2, 0) is 6.54 Å². The quantitative estimate of drug-likeness (QED) is 0.311. The second-order valence-electron chi connectivity index (χ2n) is 5.80. The standard InChI is InChI=1S/C18H32N.HI/c1-3-4-5-6-7-8-9-10-11-12-15-19-16-13-14-18(2)17-19;/h13-14,16-17H,3-12,15H2,1-2H3;1H/q+1;/p-1. The number of unbranched alkanes of at least 4 members (excludes halogenated alkanes) is 9. The summed E-state index contributed by atoms with van der Waals surface area (Å²) in [5, 5.41) is 0. The van der Waals surface area contributed by atoms with Crippen molar-refractivity contribution in [3.8, 4) is 0 Å². The number of rotatable bonds is 11. The zero-order valence-corrected chi connectivity index (χ0v) is 15.6. The first kappa shape index (κ1) is 19.9. The summed E-state index contributed by atoms with van der Waals surface area (Å²) >= 11 is 0. The summed E-state index contributed by atoms with van der Waals surface area (Å²) in [7, 11) is 0. The molecule has 2 heteroatoms. The van der Waals surface area contributed by atoms with Crippen LogP contribution in [0.1, 0.15) is 76.7 Å². The monoisotopic (exact) mass is 389 g/mol. The molecule has 0 aliphatic carbocycles. The highest BCUT2D eigenvalue weighted by atomic mass is 127. The average Bonchev–Trinajstić information content (AvgIpc) is 2.41. The summed E-state index contributed by atoms with van der Waals surface area (Å²) in [5.41, 5.74) is 1.36. The van der Waals surface area contributed by atoms with Crippen LogP contribution < -0.4 is 28.5 Å². The maximum absolute atomic E-state index is 2.32. The largest absolute Gasteiger partial charge is 1.00 e. The van der Waals surface area contributed by atoms with Crippen LogP contribution in [0.15, 0.2) is 24.5 Å². The summed E-state index contributed by atoms with van der Waals surface area (Å²) in [4.78, 5) is 0. The van der Waals surface area contributed by atoms with Gasteiger partial charge in [-0.3, -0.25) is 0 Å². The Morgan fingerprint density at radius 2 is 1.40 bits per heavy atom. The highest BCUT2D eigenvalue weighted by molar-refractivity contribution is 5.01. The summed E-state index contributed by atoms with van der Waals surface area (Å²) in [5.74, 6) is 0. The molecule has 1 nitrogen and oxygen atoms in total. The minimum atomic E-state index is 0. The number of hydrogen-bond acceptors (Lipinski definition) is 0. The van der Waals surface area contributed by atoms with Gasteiger partial charge in [-0.05, 0) is 19.4 Å². The van der Waals surface area contributed by atoms with E-state index in [0.717, 1.165) is 0 Å². The molecule has 0 saturated carbocycles. The van der Waals surface area contributed by atoms with Gasteiger partial charge in [0.15, 0.2) is 12.4 Å². The topological polar surface area (TPSA) is 3.88 Å². The first-order chi connectivity index (χ1) is 9.33. The molecule has 1 aromatic rings. The van der Waals surface area contributed by atoms with Gasteiger partial charge in [-0.1, -0.05) is 58.3 Å². The predicted octanol–water partition coefficient (Wildman–Crippen LogP) is 2.21. The third-order valence-electron chi connectivity index (χ3n) is 3.78. The summed E-state index contributed by atoms with van der Waals surface area (Å²) in [6.07, 6.45) is 18.6. The average molecular weight is 389 g/mol. The molecule has 0 fully saturated rings. The van der Waals surface area contributed by atoms with Crippen molar-refractivity contribution in [2.75, 3.05) is 0 Å². The fourth-order valence-electron chi connectivity index (χ4n) is 2.57. The predicted molar refractivity (Wildman–Crippen MR) is 83.2 cm³/mol. The number of pyridine rings is 1. The SMILES string of the molecule is CCCCCCCCCCCC[n+]1cccc(C)c1.[I-]. The van der Waals surface area contributed by atoms with Crippen molar-refractivity contribution < 1.29 is 28.5 Å². The van der Waals surface area contributed by atoms with Crippen molar-refractivity contribution in [3.63, 3.8) is 0 Å². The fraction of sp³-hybridized carbons (Fsp3) is 0.722. The maximum atomic E-state index is 2.32. The van der Waals surface area contributed by atoms with Crippen LogP contribution in [0.2, 0.25) is 0 Å². The molecule has 0 aliphatic rings. The maximum Gasteiger partial charge on any atom is 0.171 e. The molecule has 0 amide bonds. The normalized spacial score (nSPS) is 10.3. The lowest BCUT2D eigenvalue weighted by atomic mass is 10.1. The van der Waals surface area contributed by atoms with Crippen molar-refractivity contribution in [2.24, 2.45) is 0 Å². The van der Waals surface area contributed by atoms with Crippen LogP contribution in [0.25, 0.3) is 0 Å². The van der Waals surface area contributed by atoms with Crippen LogP contribution in [-0.4, -0.2) is 0 Å². The molecule has 0 saturated heterocycles. The molecule has 0 radical (unpaired) electrons. The van der Waals surface area contributed by atoms with Gasteiger partial charge < -0.3 is 24.0 Å². The van der Waals surface area contributed by atoms with Gasteiger partial charge in [0.05, 0.1) is 0 Å². The lowest BCUT2D eigenvalue weighted by Crippen LogP contribution is -3.00. The zero-order valence-electron chi connectivity index (χ0n) is 13.4. The van der Waals surface area contributed by atoms with Crippen molar-refractivity contribution in [1.29, 1.82) is 0 Å². The van der Waals surface area contributed by atoms with Crippen LogP contribution >= 0.6 is 0 Å². The molecule has 1 rings (SSSR count). The second kappa shape index (κ2) is 13.8. The van der Waals surface area contributed by atoms with Crippen molar-refractivity contribution in [3.05, 3.63) is 30.1 Å². The molecule has 1 heterocycles. The van der Waals surface area contributed by atoms with Crippen LogP contribution in [0.4, 0.5) is 0 Å². The van der Waals surface area contributed by atoms with Crippen molar-refractivity contribution >= 4 is 0 Å². The first-order valence-corrected chi connectivity index (χ1v) is 8.28. The number of halogens is 1. The number of aromatic nitrogens is 1. The Balaban J connectivity index is 0.00000361. The summed E-state index contributed by atoms with van der Waals surface area (Å²) < 4.78 is 2.32. The molecule has 20 heavy (non-hydrogen) atoms. The van der Waals surface area contributed by atoms with E-state index in [0.29, 0.717) is 0 Å². The van der Waals surface area contributed by atoms with Gasteiger partial charge in [0.2, 0.25) is 0 Å². The van der Waals surface area contributed by atoms with Crippen molar-refractivity contribution in [2.45, 2.75) is 84.6 Å². The second-order valence-corrected chi connectivity index (χ2v) is 5.80. The molecule has 116 valence electrons. The molecular weight excluding hydrogens is 357 g/mol. The molecule has 1 aromatic heterocycles. The van der Waals surface area contributed by atoms with E-state index < -0.39 is 0 Å². The van der Waals surface area contributed by atoms with E-state index in [1.165, 1.54) is 76.3 Å². The van der Waals surface area contributed by atoms with Crippen molar-refractivity contribution in [1.82, 2.24) is 0 Å². The van der Waals surface area contributed by atoms with Gasteiger partial charge in [-0.25, -0.2) is 4.57 Å². The Kier molecular flexibility index (Phi) is 13.8. The van der Waals surface area contributed by atoms with Gasteiger partial charge in [0, 0.05) is 18.1 Å². The number of nitrogens with zero attached hydrogens (tertiary/aromatic N) is 1. The fourth-order valence-corrected chi connectivity index (χ4v) is 2.57. The highest BCUT2D eigenvalue weighted by Crippen LogP contribution is 2.10. The third-order valence-corrected chi connectivity index (χ3v) is 3.78. The Bertz CT molecular complexity index is 325. The Morgan fingerprint density at radius 1 is 0.850 bits per heavy atom. The lowest BCUT2D eigenvalue weighted by molar-refractivity contribution is -0.697. The van der Waals surface area contributed by atoms with E-state index in [1.54, 1.807) is 0 Å². The van der Waals surface area contributed by atoms with Gasteiger partial charge in [-0.2, -0.15) is 0 Å². The molecule has 0 aromatic carbocycles. The van der Waals surface area contributed by atoms with Gasteiger partial charge in [-0.15, -0.1) is 0 Å². The van der Waals surface area contributed by atoms with E-state index in [4.69, 9.17) is 0 Å². The molecule has 0 bridgehead atoms. The van der Waals surface area contributed by atoms with Gasteiger partial charge in [0.1, 0.15) is 6.54 Å². The van der Waals surface area contributed by atoms with Crippen LogP contribution in [0, 0.1) is 6.92 Å². The smallest absolute Gasteiger partial charge is 0.171 e. The van der Waals surface area contributed by atoms with E-state index in [1.807, 2.05) is 0 Å². The highest BCUT2D eigenvalue weighted by Gasteiger charge is 1.99. The molecule has 0 spiro atoms. The van der Waals surface area contributed by atoms with Crippen LogP contribution in [0.3, 0.4) is 0 Å². The Morgan fingerprint density at radius 3 is 1.95 bits per heavy atom. The third kappa shape index (κ3) is 10.6. The summed E-state index contributed by atoms with van der Waals surface area (Å²) in [6, 6.07) is 4.31. The molecule has 0 unspecified atom stereocenters. The lowest BCUT2D eigenvalue weighted by Gasteiger charge is -2.01. The molecule has 0 aliphatic heterocycles. The van der Waals surface area contributed by atoms with Crippen LogP contribution in [0.5, 0.6) is 0 Å². The van der Waals surface area contributed by atoms with E-state index in [2.05, 4.69) is 42.9 Å². The Hall–Kier alpha value is -0.120. The van der Waals surface area contributed by atoms with Gasteiger partial charge in [0.25, 0.3) is 0 Å².